The van der Waals surface area contributed by atoms with E-state index in [0.717, 1.165) is 42.7 Å². The molecular formula is C17H17N3. The van der Waals surface area contributed by atoms with Crippen LogP contribution >= 0.6 is 0 Å². The smallest absolute Gasteiger partial charge is 0.0995 e. The molecule has 0 fully saturated rings. The van der Waals surface area contributed by atoms with Crippen LogP contribution in [0, 0.1) is 11.3 Å². The lowest BCUT2D eigenvalue weighted by Crippen LogP contribution is -2.29. The summed E-state index contributed by atoms with van der Waals surface area (Å²) in [5, 5.41) is 9.20. The Balaban J connectivity index is 1.94. The first kappa shape index (κ1) is 12.6. The van der Waals surface area contributed by atoms with Crippen molar-refractivity contribution in [2.24, 2.45) is 0 Å². The number of benzene rings is 2. The van der Waals surface area contributed by atoms with Crippen molar-refractivity contribution in [3.63, 3.8) is 0 Å². The van der Waals surface area contributed by atoms with Crippen molar-refractivity contribution in [1.82, 2.24) is 0 Å². The number of nitrogen functional groups attached to an aromatic ring is 1. The van der Waals surface area contributed by atoms with Gasteiger partial charge in [-0.3, -0.25) is 0 Å². The molecule has 20 heavy (non-hydrogen) atoms. The number of nitrogens with two attached hydrogens (primary N) is 1. The molecular weight excluding hydrogens is 246 g/mol. The molecule has 0 spiro atoms. The molecule has 0 unspecified atom stereocenters. The fourth-order valence-corrected chi connectivity index (χ4v) is 2.80. The molecule has 0 amide bonds. The molecule has 0 aromatic heterocycles. The molecule has 3 heteroatoms. The molecule has 2 aromatic carbocycles. The van der Waals surface area contributed by atoms with Crippen LogP contribution in [-0.2, 0) is 13.0 Å². The second kappa shape index (κ2) is 5.26. The Morgan fingerprint density at radius 3 is 2.90 bits per heavy atom. The number of rotatable bonds is 2. The molecule has 1 aliphatic rings. The lowest BCUT2D eigenvalue weighted by Gasteiger charge is -2.32. The molecule has 1 heterocycles. The van der Waals surface area contributed by atoms with Crippen LogP contribution in [-0.4, -0.2) is 6.54 Å². The lowest BCUT2D eigenvalue weighted by molar-refractivity contribution is 0.691. The highest BCUT2D eigenvalue weighted by Crippen LogP contribution is 2.30. The minimum absolute atomic E-state index is 0.753. The SMILES string of the molecule is N#Cc1ccccc1CN1CCCc2ccc(N)cc21. The van der Waals surface area contributed by atoms with E-state index in [2.05, 4.69) is 17.0 Å². The van der Waals surface area contributed by atoms with Gasteiger partial charge in [0.05, 0.1) is 11.6 Å². The predicted octanol–water partition coefficient (Wildman–Crippen LogP) is 3.09. The molecule has 0 saturated heterocycles. The van der Waals surface area contributed by atoms with Gasteiger partial charge in [0.1, 0.15) is 0 Å². The largest absolute Gasteiger partial charge is 0.399 e. The molecule has 3 nitrogen and oxygen atoms in total. The van der Waals surface area contributed by atoms with Gasteiger partial charge in [0, 0.05) is 24.5 Å². The Hall–Kier alpha value is -2.47. The van der Waals surface area contributed by atoms with Gasteiger partial charge in [-0.25, -0.2) is 0 Å². The molecule has 3 rings (SSSR count). The highest BCUT2D eigenvalue weighted by atomic mass is 15.1. The minimum atomic E-state index is 0.753. The maximum Gasteiger partial charge on any atom is 0.0995 e. The van der Waals surface area contributed by atoms with Crippen molar-refractivity contribution >= 4 is 11.4 Å². The summed E-state index contributed by atoms with van der Waals surface area (Å²) < 4.78 is 0. The first-order valence-corrected chi connectivity index (χ1v) is 6.89. The average molecular weight is 263 g/mol. The van der Waals surface area contributed by atoms with E-state index in [4.69, 9.17) is 5.73 Å². The van der Waals surface area contributed by atoms with Gasteiger partial charge in [-0.2, -0.15) is 5.26 Å². The third-order valence-electron chi connectivity index (χ3n) is 3.82. The van der Waals surface area contributed by atoms with Crippen molar-refractivity contribution in [2.75, 3.05) is 17.2 Å². The maximum absolute atomic E-state index is 9.20. The second-order valence-corrected chi connectivity index (χ2v) is 5.18. The van der Waals surface area contributed by atoms with Crippen molar-refractivity contribution in [2.45, 2.75) is 19.4 Å². The van der Waals surface area contributed by atoms with Gasteiger partial charge < -0.3 is 10.6 Å². The fraction of sp³-hybridized carbons (Fsp3) is 0.235. The van der Waals surface area contributed by atoms with Crippen LogP contribution in [0.1, 0.15) is 23.1 Å². The summed E-state index contributed by atoms with van der Waals surface area (Å²) in [6, 6.07) is 16.2. The summed E-state index contributed by atoms with van der Waals surface area (Å²) in [4.78, 5) is 2.32. The standard InChI is InChI=1S/C17H17N3/c18-11-14-4-1-2-5-15(14)12-20-9-3-6-13-7-8-16(19)10-17(13)20/h1-2,4-5,7-8,10H,3,6,9,12,19H2. The highest BCUT2D eigenvalue weighted by molar-refractivity contribution is 5.63. The molecule has 0 aliphatic carbocycles. The van der Waals surface area contributed by atoms with E-state index in [1.54, 1.807) is 0 Å². The van der Waals surface area contributed by atoms with E-state index in [1.165, 1.54) is 11.3 Å². The van der Waals surface area contributed by atoms with Crippen LogP contribution in [0.2, 0.25) is 0 Å². The summed E-state index contributed by atoms with van der Waals surface area (Å²) >= 11 is 0. The first-order chi connectivity index (χ1) is 9.78. The Kier molecular flexibility index (Phi) is 3.30. The molecule has 1 aliphatic heterocycles. The summed E-state index contributed by atoms with van der Waals surface area (Å²) in [7, 11) is 0. The van der Waals surface area contributed by atoms with Crippen molar-refractivity contribution in [3.05, 3.63) is 59.2 Å². The van der Waals surface area contributed by atoms with E-state index in [9.17, 15) is 5.26 Å². The molecule has 0 bridgehead atoms. The van der Waals surface area contributed by atoms with Gasteiger partial charge in [0.2, 0.25) is 0 Å². The van der Waals surface area contributed by atoms with Gasteiger partial charge in [-0.1, -0.05) is 24.3 Å². The quantitative estimate of drug-likeness (QED) is 0.847. The zero-order valence-electron chi connectivity index (χ0n) is 11.3. The van der Waals surface area contributed by atoms with Gasteiger partial charge in [-0.15, -0.1) is 0 Å². The molecule has 2 aromatic rings. The third-order valence-corrected chi connectivity index (χ3v) is 3.82. The Morgan fingerprint density at radius 2 is 2.05 bits per heavy atom. The predicted molar refractivity (Wildman–Crippen MR) is 81.4 cm³/mol. The van der Waals surface area contributed by atoms with Crippen LogP contribution in [0.25, 0.3) is 0 Å². The molecule has 0 radical (unpaired) electrons. The number of nitrogens with zero attached hydrogens (tertiary/aromatic N) is 2. The zero-order valence-corrected chi connectivity index (χ0v) is 11.3. The number of fused-ring (bicyclic) bond motifs is 1. The summed E-state index contributed by atoms with van der Waals surface area (Å²) in [5.41, 5.74) is 11.1. The van der Waals surface area contributed by atoms with Crippen LogP contribution in [0.4, 0.5) is 11.4 Å². The van der Waals surface area contributed by atoms with Crippen molar-refractivity contribution in [3.8, 4) is 6.07 Å². The molecule has 0 saturated carbocycles. The first-order valence-electron chi connectivity index (χ1n) is 6.89. The van der Waals surface area contributed by atoms with Gasteiger partial charge >= 0.3 is 0 Å². The lowest BCUT2D eigenvalue weighted by atomic mass is 9.99. The summed E-state index contributed by atoms with van der Waals surface area (Å²) in [5.74, 6) is 0. The Morgan fingerprint density at radius 1 is 1.20 bits per heavy atom. The zero-order chi connectivity index (χ0) is 13.9. The van der Waals surface area contributed by atoms with Gasteiger partial charge in [0.25, 0.3) is 0 Å². The van der Waals surface area contributed by atoms with Crippen LogP contribution in [0.3, 0.4) is 0 Å². The summed E-state index contributed by atoms with van der Waals surface area (Å²) in [6.07, 6.45) is 2.25. The molecule has 100 valence electrons. The number of nitriles is 1. The van der Waals surface area contributed by atoms with Crippen LogP contribution < -0.4 is 10.6 Å². The van der Waals surface area contributed by atoms with E-state index in [1.807, 2.05) is 36.4 Å². The monoisotopic (exact) mass is 263 g/mol. The normalized spacial score (nSPS) is 13.7. The van der Waals surface area contributed by atoms with E-state index in [0.29, 0.717) is 0 Å². The topological polar surface area (TPSA) is 53.0 Å². The number of hydrogen-bond donors (Lipinski definition) is 1. The van der Waals surface area contributed by atoms with Gasteiger partial charge in [-0.05, 0) is 42.2 Å². The average Bonchev–Trinajstić information content (AvgIpc) is 2.48. The van der Waals surface area contributed by atoms with E-state index in [-0.39, 0.29) is 0 Å². The van der Waals surface area contributed by atoms with E-state index < -0.39 is 0 Å². The second-order valence-electron chi connectivity index (χ2n) is 5.18. The molecule has 0 atom stereocenters. The number of aryl methyl sites for hydroxylation is 1. The van der Waals surface area contributed by atoms with Crippen LogP contribution in [0.15, 0.2) is 42.5 Å². The molecule has 2 N–H and O–H groups in total. The van der Waals surface area contributed by atoms with E-state index >= 15 is 0 Å². The maximum atomic E-state index is 9.20. The highest BCUT2D eigenvalue weighted by Gasteiger charge is 2.18. The third kappa shape index (κ3) is 2.33. The number of anilines is 2. The van der Waals surface area contributed by atoms with Crippen molar-refractivity contribution in [1.29, 1.82) is 5.26 Å². The fourth-order valence-electron chi connectivity index (χ4n) is 2.80. The van der Waals surface area contributed by atoms with Crippen LogP contribution in [0.5, 0.6) is 0 Å². The minimum Gasteiger partial charge on any atom is -0.399 e. The Bertz CT molecular complexity index is 670. The van der Waals surface area contributed by atoms with Crippen molar-refractivity contribution < 1.29 is 0 Å². The Labute approximate surface area is 119 Å². The number of hydrogen-bond acceptors (Lipinski definition) is 3. The summed E-state index contributed by atoms with van der Waals surface area (Å²) in [6.45, 7) is 1.77. The van der Waals surface area contributed by atoms with Gasteiger partial charge in [0.15, 0.2) is 0 Å².